The predicted octanol–water partition coefficient (Wildman–Crippen LogP) is 8.71. The summed E-state index contributed by atoms with van der Waals surface area (Å²) in [6, 6.07) is 40.3. The zero-order valence-corrected chi connectivity index (χ0v) is 18.3. The fourth-order valence-electron chi connectivity index (χ4n) is 4.29. The fraction of sp³-hybridized carbons (Fsp3) is 0.0345. The summed E-state index contributed by atoms with van der Waals surface area (Å²) < 4.78 is 6.40. The van der Waals surface area contributed by atoms with Crippen molar-refractivity contribution in [3.63, 3.8) is 0 Å². The summed E-state index contributed by atoms with van der Waals surface area (Å²) in [6.07, 6.45) is 0. The highest BCUT2D eigenvalue weighted by Crippen LogP contribution is 2.49. The average Bonchev–Trinajstić information content (AvgIpc) is 3.05. The van der Waals surface area contributed by atoms with Crippen molar-refractivity contribution in [2.24, 2.45) is 0 Å². The maximum atomic E-state index is 6.40. The molecule has 0 unspecified atom stereocenters. The van der Waals surface area contributed by atoms with E-state index < -0.39 is 0 Å². The molecule has 6 rings (SSSR count). The van der Waals surface area contributed by atoms with E-state index >= 15 is 0 Å². The number of thioether (sulfide) groups is 1. The second kappa shape index (κ2) is 8.10. The molecule has 2 nitrogen and oxygen atoms in total. The van der Waals surface area contributed by atoms with Crippen molar-refractivity contribution in [1.29, 1.82) is 0 Å². The number of nitrogens with zero attached hydrogens (tertiary/aromatic N) is 1. The molecule has 3 heteroatoms. The molecule has 0 saturated carbocycles. The third-order valence-electron chi connectivity index (χ3n) is 5.79. The van der Waals surface area contributed by atoms with E-state index in [-0.39, 0.29) is 0 Å². The predicted molar refractivity (Wildman–Crippen MR) is 135 cm³/mol. The lowest BCUT2D eigenvalue weighted by molar-refractivity contribution is 0.470. The molecule has 1 aliphatic heterocycles. The van der Waals surface area contributed by atoms with Crippen molar-refractivity contribution in [2.45, 2.75) is 10.6 Å². The zero-order valence-electron chi connectivity index (χ0n) is 17.4. The lowest BCUT2D eigenvalue weighted by Crippen LogP contribution is -2.11. The number of rotatable bonds is 3. The Labute approximate surface area is 192 Å². The van der Waals surface area contributed by atoms with Gasteiger partial charge in [0.05, 0.1) is 16.3 Å². The van der Waals surface area contributed by atoms with E-state index in [9.17, 15) is 0 Å². The third-order valence-corrected chi connectivity index (χ3v) is 6.94. The van der Waals surface area contributed by atoms with Gasteiger partial charge in [-0.2, -0.15) is 0 Å². The van der Waals surface area contributed by atoms with Crippen molar-refractivity contribution in [3.05, 3.63) is 121 Å². The first kappa shape index (κ1) is 19.0. The van der Waals surface area contributed by atoms with Crippen molar-refractivity contribution in [2.75, 3.05) is 4.90 Å². The van der Waals surface area contributed by atoms with Gasteiger partial charge >= 0.3 is 0 Å². The molecule has 5 aromatic rings. The van der Waals surface area contributed by atoms with E-state index in [2.05, 4.69) is 114 Å². The van der Waals surface area contributed by atoms with E-state index in [4.69, 9.17) is 4.74 Å². The van der Waals surface area contributed by atoms with Gasteiger partial charge in [-0.1, -0.05) is 78.9 Å². The SMILES string of the molecule is c1ccc(N(c2cccc3c2SCc2ccccc2O3)c2cccc3ccccc23)cc1. The average molecular weight is 432 g/mol. The number of anilines is 3. The molecular formula is C29H21NOS. The van der Waals surface area contributed by atoms with Gasteiger partial charge in [0.1, 0.15) is 11.5 Å². The molecule has 5 aromatic carbocycles. The molecule has 0 aromatic heterocycles. The van der Waals surface area contributed by atoms with Gasteiger partial charge in [0, 0.05) is 22.4 Å². The number of benzene rings is 5. The van der Waals surface area contributed by atoms with Gasteiger partial charge in [0.25, 0.3) is 0 Å². The summed E-state index contributed by atoms with van der Waals surface area (Å²) in [5, 5.41) is 2.45. The summed E-state index contributed by atoms with van der Waals surface area (Å²) in [5.41, 5.74) is 4.63. The van der Waals surface area contributed by atoms with Crippen LogP contribution < -0.4 is 9.64 Å². The molecular weight excluding hydrogens is 410 g/mol. The van der Waals surface area contributed by atoms with Crippen molar-refractivity contribution >= 4 is 39.6 Å². The summed E-state index contributed by atoms with van der Waals surface area (Å²) >= 11 is 1.84. The van der Waals surface area contributed by atoms with Crippen LogP contribution in [0.2, 0.25) is 0 Å². The largest absolute Gasteiger partial charge is 0.456 e. The lowest BCUT2D eigenvalue weighted by Gasteiger charge is -2.29. The molecule has 0 saturated heterocycles. The van der Waals surface area contributed by atoms with Gasteiger partial charge in [-0.05, 0) is 41.8 Å². The molecule has 0 amide bonds. The first-order valence-corrected chi connectivity index (χ1v) is 11.7. The molecule has 0 N–H and O–H groups in total. The van der Waals surface area contributed by atoms with Gasteiger partial charge in [-0.25, -0.2) is 0 Å². The van der Waals surface area contributed by atoms with E-state index in [1.165, 1.54) is 16.3 Å². The highest BCUT2D eigenvalue weighted by Gasteiger charge is 2.23. The van der Waals surface area contributed by atoms with Crippen LogP contribution in [0.4, 0.5) is 17.1 Å². The minimum Gasteiger partial charge on any atom is -0.456 e. The molecule has 0 spiro atoms. The van der Waals surface area contributed by atoms with Crippen molar-refractivity contribution in [1.82, 2.24) is 0 Å². The van der Waals surface area contributed by atoms with Crippen LogP contribution in [0, 0.1) is 0 Å². The maximum absolute atomic E-state index is 6.40. The minimum atomic E-state index is 0.873. The van der Waals surface area contributed by atoms with Gasteiger partial charge in [-0.3, -0.25) is 0 Å². The highest BCUT2D eigenvalue weighted by molar-refractivity contribution is 7.98. The van der Waals surface area contributed by atoms with Gasteiger partial charge in [-0.15, -0.1) is 11.8 Å². The molecule has 0 fully saturated rings. The van der Waals surface area contributed by atoms with Crippen LogP contribution in [-0.2, 0) is 5.75 Å². The van der Waals surface area contributed by atoms with Crippen LogP contribution in [0.3, 0.4) is 0 Å². The monoisotopic (exact) mass is 431 g/mol. The van der Waals surface area contributed by atoms with E-state index in [1.807, 2.05) is 17.8 Å². The Bertz CT molecular complexity index is 1410. The smallest absolute Gasteiger partial charge is 0.143 e. The van der Waals surface area contributed by atoms with Gasteiger partial charge in [0.2, 0.25) is 0 Å². The van der Waals surface area contributed by atoms with Crippen LogP contribution in [-0.4, -0.2) is 0 Å². The summed E-state index contributed by atoms with van der Waals surface area (Å²) in [5.74, 6) is 2.71. The second-order valence-electron chi connectivity index (χ2n) is 7.77. The van der Waals surface area contributed by atoms with Gasteiger partial charge < -0.3 is 9.64 Å². The Morgan fingerprint density at radius 1 is 0.594 bits per heavy atom. The van der Waals surface area contributed by atoms with Crippen LogP contribution in [0.1, 0.15) is 5.56 Å². The van der Waals surface area contributed by atoms with E-state index in [1.54, 1.807) is 0 Å². The summed E-state index contributed by atoms with van der Waals surface area (Å²) in [4.78, 5) is 3.51. The summed E-state index contributed by atoms with van der Waals surface area (Å²) in [7, 11) is 0. The molecule has 0 aliphatic carbocycles. The van der Waals surface area contributed by atoms with Crippen molar-refractivity contribution < 1.29 is 4.74 Å². The first-order chi connectivity index (χ1) is 15.9. The van der Waals surface area contributed by atoms with Crippen molar-refractivity contribution in [3.8, 4) is 11.5 Å². The van der Waals surface area contributed by atoms with Crippen LogP contribution in [0.25, 0.3) is 10.8 Å². The van der Waals surface area contributed by atoms with Gasteiger partial charge in [0.15, 0.2) is 0 Å². The van der Waals surface area contributed by atoms with E-state index in [0.29, 0.717) is 0 Å². The number of hydrogen-bond donors (Lipinski definition) is 0. The number of hydrogen-bond acceptors (Lipinski definition) is 3. The molecule has 154 valence electrons. The quantitative estimate of drug-likeness (QED) is 0.283. The number of para-hydroxylation sites is 2. The molecule has 0 radical (unpaired) electrons. The molecule has 1 heterocycles. The Morgan fingerprint density at radius 3 is 2.22 bits per heavy atom. The topological polar surface area (TPSA) is 12.5 Å². The lowest BCUT2D eigenvalue weighted by atomic mass is 10.1. The van der Waals surface area contributed by atoms with Crippen LogP contribution in [0.5, 0.6) is 11.5 Å². The molecule has 0 atom stereocenters. The fourth-order valence-corrected chi connectivity index (χ4v) is 5.38. The summed E-state index contributed by atoms with van der Waals surface area (Å²) in [6.45, 7) is 0. The maximum Gasteiger partial charge on any atom is 0.143 e. The third kappa shape index (κ3) is 3.31. The van der Waals surface area contributed by atoms with Crippen LogP contribution >= 0.6 is 11.8 Å². The van der Waals surface area contributed by atoms with E-state index in [0.717, 1.165) is 39.2 Å². The standard InChI is InChI=1S/C29H21NOS/c1-2-13-23(14-3-1)30(25-16-8-12-21-10-4-6-15-24(21)25)26-17-9-19-28-29(26)32-20-22-11-5-7-18-27(22)31-28/h1-19H,20H2. The second-order valence-corrected chi connectivity index (χ2v) is 8.76. The zero-order chi connectivity index (χ0) is 21.3. The normalized spacial score (nSPS) is 12.4. The highest BCUT2D eigenvalue weighted by atomic mass is 32.2. The number of ether oxygens (including phenoxy) is 1. The molecule has 0 bridgehead atoms. The Kier molecular flexibility index (Phi) is 4.82. The van der Waals surface area contributed by atoms with Crippen LogP contribution in [0.15, 0.2) is 120 Å². The number of fused-ring (bicyclic) bond motifs is 3. The Balaban J connectivity index is 1.58. The minimum absolute atomic E-state index is 0.873. The Hall–Kier alpha value is -3.69. The molecule has 32 heavy (non-hydrogen) atoms. The Morgan fingerprint density at radius 2 is 1.28 bits per heavy atom. The molecule has 1 aliphatic rings. The first-order valence-electron chi connectivity index (χ1n) is 10.7.